The number of anilines is 1. The summed E-state index contributed by atoms with van der Waals surface area (Å²) < 4.78 is 7.48. The average Bonchev–Trinajstić information content (AvgIpc) is 3.17. The molecule has 0 spiro atoms. The van der Waals surface area contributed by atoms with Crippen molar-refractivity contribution in [3.63, 3.8) is 0 Å². The van der Waals surface area contributed by atoms with E-state index in [1.807, 2.05) is 48.5 Å². The molecule has 0 bridgehead atoms. The van der Waals surface area contributed by atoms with E-state index in [-0.39, 0.29) is 18.0 Å². The molecular formula is C26H21Br2N3O2S. The molecule has 2 N–H and O–H groups in total. The quantitative estimate of drug-likeness (QED) is 0.292. The molecule has 1 aliphatic rings. The Morgan fingerprint density at radius 1 is 1.15 bits per heavy atom. The number of nitriles is 1. The normalized spacial score (nSPS) is 16.2. The molecule has 3 aromatic carbocycles. The van der Waals surface area contributed by atoms with Gasteiger partial charge in [0.2, 0.25) is 0 Å². The number of amides is 1. The number of nitrogens with one attached hydrogen (secondary N) is 2. The first-order valence-electron chi connectivity index (χ1n) is 10.6. The van der Waals surface area contributed by atoms with Gasteiger partial charge in [-0.1, -0.05) is 49.0 Å². The Balaban J connectivity index is 1.45. The number of hydrogen-bond acceptors (Lipinski definition) is 5. The van der Waals surface area contributed by atoms with Crippen LogP contribution in [-0.4, -0.2) is 11.4 Å². The molecule has 8 heteroatoms. The Morgan fingerprint density at radius 2 is 1.85 bits per heavy atom. The minimum atomic E-state index is -0.235. The number of halogens is 2. The van der Waals surface area contributed by atoms with Gasteiger partial charge >= 0.3 is 0 Å². The first kappa shape index (κ1) is 24.4. The highest BCUT2D eigenvalue weighted by atomic mass is 79.9. The Bertz CT molecular complexity index is 1260. The third-order valence-corrected chi connectivity index (χ3v) is 7.43. The fourth-order valence-electron chi connectivity index (χ4n) is 3.41. The van der Waals surface area contributed by atoms with Crippen molar-refractivity contribution in [2.75, 3.05) is 5.32 Å². The molecule has 1 atom stereocenters. The zero-order chi connectivity index (χ0) is 24.1. The van der Waals surface area contributed by atoms with Crippen LogP contribution in [0.5, 0.6) is 5.75 Å². The van der Waals surface area contributed by atoms with Crippen molar-refractivity contribution in [3.05, 3.63) is 96.8 Å². The Kier molecular flexibility index (Phi) is 7.99. The maximum absolute atomic E-state index is 12.5. The number of ether oxygens (including phenoxy) is 1. The summed E-state index contributed by atoms with van der Waals surface area (Å²) in [5, 5.41) is 15.6. The highest BCUT2D eigenvalue weighted by Crippen LogP contribution is 2.37. The third-order valence-electron chi connectivity index (χ3n) is 5.22. The zero-order valence-corrected chi connectivity index (χ0v) is 22.3. The number of nitrogens with zero attached hydrogens (tertiary/aromatic N) is 1. The number of benzene rings is 3. The molecule has 0 aromatic heterocycles. The molecule has 3 aromatic rings. The molecule has 34 heavy (non-hydrogen) atoms. The van der Waals surface area contributed by atoms with Crippen LogP contribution in [-0.2, 0) is 17.8 Å². The predicted molar refractivity (Wildman–Crippen MR) is 144 cm³/mol. The van der Waals surface area contributed by atoms with Crippen LogP contribution in [0.25, 0.3) is 6.08 Å². The largest absolute Gasteiger partial charge is 0.486 e. The number of carbonyl (C=O) groups excluding carboxylic acids is 1. The molecule has 0 unspecified atom stereocenters. The van der Waals surface area contributed by atoms with Gasteiger partial charge in [0.25, 0.3) is 5.91 Å². The first-order valence-corrected chi connectivity index (χ1v) is 13.1. The van der Waals surface area contributed by atoms with Crippen molar-refractivity contribution in [2.45, 2.75) is 25.4 Å². The van der Waals surface area contributed by atoms with Gasteiger partial charge in [0.1, 0.15) is 12.4 Å². The van der Waals surface area contributed by atoms with E-state index in [0.29, 0.717) is 16.2 Å². The molecule has 1 fully saturated rings. The van der Waals surface area contributed by atoms with E-state index in [0.717, 1.165) is 32.2 Å². The average molecular weight is 599 g/mol. The van der Waals surface area contributed by atoms with Crippen molar-refractivity contribution in [1.82, 2.24) is 5.32 Å². The van der Waals surface area contributed by atoms with Crippen LogP contribution in [0.4, 0.5) is 5.69 Å². The summed E-state index contributed by atoms with van der Waals surface area (Å²) in [6.45, 7) is 2.39. The van der Waals surface area contributed by atoms with E-state index in [4.69, 9.17) is 4.74 Å². The maximum atomic E-state index is 12.5. The minimum absolute atomic E-state index is 0.117. The summed E-state index contributed by atoms with van der Waals surface area (Å²) in [5.41, 5.74) is 4.25. The fourth-order valence-corrected chi connectivity index (χ4v) is 5.85. The van der Waals surface area contributed by atoms with Gasteiger partial charge in [-0.3, -0.25) is 4.79 Å². The molecule has 4 rings (SSSR count). The fraction of sp³-hybridized carbons (Fsp3) is 0.154. The standard InChI is InChI=1S/C26H21Br2N3O2S/c1-2-16-7-9-20(10-8-16)30-26-31-25(32)23(34-26)13-17-11-21(27)24(22(28)12-17)33-15-19-6-4-3-5-18(19)14-29/h3-13,26,30H,2,15H2,1H3,(H,31,32)/b23-13-/t26-/m1/s1. The van der Waals surface area contributed by atoms with Crippen molar-refractivity contribution in [3.8, 4) is 11.8 Å². The van der Waals surface area contributed by atoms with Gasteiger partial charge in [0.15, 0.2) is 5.50 Å². The van der Waals surface area contributed by atoms with Gasteiger partial charge < -0.3 is 15.4 Å². The summed E-state index contributed by atoms with van der Waals surface area (Å²) in [7, 11) is 0. The summed E-state index contributed by atoms with van der Waals surface area (Å²) in [5.74, 6) is 0.516. The second kappa shape index (κ2) is 11.1. The predicted octanol–water partition coefficient (Wildman–Crippen LogP) is 6.82. The lowest BCUT2D eigenvalue weighted by molar-refractivity contribution is -0.116. The smallest absolute Gasteiger partial charge is 0.260 e. The van der Waals surface area contributed by atoms with Gasteiger partial charge in [-0.2, -0.15) is 5.26 Å². The van der Waals surface area contributed by atoms with Gasteiger partial charge in [-0.05, 0) is 85.8 Å². The molecule has 1 amide bonds. The molecule has 0 radical (unpaired) electrons. The number of aryl methyl sites for hydroxylation is 1. The van der Waals surface area contributed by atoms with Crippen molar-refractivity contribution in [1.29, 1.82) is 5.26 Å². The van der Waals surface area contributed by atoms with Crippen LogP contribution in [0.2, 0.25) is 0 Å². The topological polar surface area (TPSA) is 74.2 Å². The van der Waals surface area contributed by atoms with Crippen LogP contribution in [0.1, 0.15) is 29.2 Å². The highest BCUT2D eigenvalue weighted by molar-refractivity contribution is 9.11. The molecule has 172 valence electrons. The van der Waals surface area contributed by atoms with Gasteiger partial charge in [0.05, 0.1) is 25.5 Å². The first-order chi connectivity index (χ1) is 16.5. The number of rotatable bonds is 7. The molecule has 5 nitrogen and oxygen atoms in total. The second-order valence-electron chi connectivity index (χ2n) is 7.55. The van der Waals surface area contributed by atoms with Crippen LogP contribution >= 0.6 is 43.6 Å². The summed E-state index contributed by atoms with van der Waals surface area (Å²) >= 11 is 8.58. The molecule has 1 heterocycles. The van der Waals surface area contributed by atoms with Crippen LogP contribution in [0.15, 0.2) is 74.5 Å². The van der Waals surface area contributed by atoms with Gasteiger partial charge in [-0.15, -0.1) is 0 Å². The van der Waals surface area contributed by atoms with Crippen molar-refractivity contribution in [2.24, 2.45) is 0 Å². The maximum Gasteiger partial charge on any atom is 0.260 e. The van der Waals surface area contributed by atoms with Crippen LogP contribution in [0, 0.1) is 11.3 Å². The van der Waals surface area contributed by atoms with Gasteiger partial charge in [-0.25, -0.2) is 0 Å². The monoisotopic (exact) mass is 597 g/mol. The summed E-state index contributed by atoms with van der Waals surface area (Å²) in [6.07, 6.45) is 2.84. The Labute approximate surface area is 219 Å². The SMILES string of the molecule is CCc1ccc(N[C@@H]2NC(=O)/C(=C/c3cc(Br)c(OCc4ccccc4C#N)c(Br)c3)S2)cc1. The third kappa shape index (κ3) is 5.84. The van der Waals surface area contributed by atoms with Gasteiger partial charge in [0, 0.05) is 11.3 Å². The van der Waals surface area contributed by atoms with E-state index < -0.39 is 0 Å². The van der Waals surface area contributed by atoms with Crippen molar-refractivity contribution < 1.29 is 9.53 Å². The number of carbonyl (C=O) groups is 1. The van der Waals surface area contributed by atoms with E-state index >= 15 is 0 Å². The summed E-state index contributed by atoms with van der Waals surface area (Å²) in [6, 6.07) is 21.5. The molecular weight excluding hydrogens is 578 g/mol. The lowest BCUT2D eigenvalue weighted by Crippen LogP contribution is -2.30. The highest BCUT2D eigenvalue weighted by Gasteiger charge is 2.27. The lowest BCUT2D eigenvalue weighted by Gasteiger charge is -2.13. The number of thioether (sulfide) groups is 1. The molecule has 0 aliphatic carbocycles. The Hall–Kier alpha value is -2.73. The number of hydrogen-bond donors (Lipinski definition) is 2. The van der Waals surface area contributed by atoms with E-state index in [1.54, 1.807) is 6.07 Å². The van der Waals surface area contributed by atoms with E-state index in [9.17, 15) is 10.1 Å². The molecule has 1 aliphatic heterocycles. The van der Waals surface area contributed by atoms with Crippen LogP contribution in [0.3, 0.4) is 0 Å². The molecule has 0 saturated carbocycles. The van der Waals surface area contributed by atoms with Crippen molar-refractivity contribution >= 4 is 61.3 Å². The molecule has 1 saturated heterocycles. The zero-order valence-electron chi connectivity index (χ0n) is 18.3. The minimum Gasteiger partial charge on any atom is -0.486 e. The lowest BCUT2D eigenvalue weighted by atomic mass is 10.1. The van der Waals surface area contributed by atoms with E-state index in [2.05, 4.69) is 67.6 Å². The Morgan fingerprint density at radius 3 is 2.53 bits per heavy atom. The van der Waals surface area contributed by atoms with E-state index in [1.165, 1.54) is 17.3 Å². The van der Waals surface area contributed by atoms with Crippen LogP contribution < -0.4 is 15.4 Å². The summed E-state index contributed by atoms with van der Waals surface area (Å²) in [4.78, 5) is 13.1. The second-order valence-corrected chi connectivity index (χ2v) is 10.4.